The fourth-order valence-corrected chi connectivity index (χ4v) is 4.69. The standard InChI is InChI=1S/C16H26N4/c1-2-20-15(18-11-19-20)9-16(10-17-14-5-6-14)8-12-3-4-13(16)7-12/h11-14,17H,2-10H2,1H3. The van der Waals surface area contributed by atoms with Gasteiger partial charge in [-0.2, -0.15) is 5.10 Å². The molecule has 0 aliphatic heterocycles. The van der Waals surface area contributed by atoms with Gasteiger partial charge in [-0.15, -0.1) is 0 Å². The third-order valence-corrected chi connectivity index (χ3v) is 5.93. The van der Waals surface area contributed by atoms with Gasteiger partial charge in [0, 0.05) is 25.6 Å². The number of aryl methyl sites for hydroxylation is 1. The van der Waals surface area contributed by atoms with Crippen molar-refractivity contribution < 1.29 is 0 Å². The lowest BCUT2D eigenvalue weighted by atomic mass is 9.70. The molecule has 3 aliphatic rings. The van der Waals surface area contributed by atoms with Gasteiger partial charge in [0.15, 0.2) is 0 Å². The molecular weight excluding hydrogens is 248 g/mol. The van der Waals surface area contributed by atoms with Crippen molar-refractivity contribution >= 4 is 0 Å². The number of fused-ring (bicyclic) bond motifs is 2. The maximum absolute atomic E-state index is 4.55. The Labute approximate surface area is 121 Å². The molecule has 3 fully saturated rings. The van der Waals surface area contributed by atoms with Gasteiger partial charge in [-0.1, -0.05) is 6.42 Å². The van der Waals surface area contributed by atoms with Crippen LogP contribution in [0.1, 0.15) is 51.3 Å². The molecule has 0 aromatic carbocycles. The summed E-state index contributed by atoms with van der Waals surface area (Å²) in [6, 6.07) is 0.815. The third-order valence-electron chi connectivity index (χ3n) is 5.93. The van der Waals surface area contributed by atoms with Crippen molar-refractivity contribution in [1.82, 2.24) is 20.1 Å². The molecule has 0 spiro atoms. The van der Waals surface area contributed by atoms with E-state index in [4.69, 9.17) is 0 Å². The van der Waals surface area contributed by atoms with Crippen LogP contribution in [0.2, 0.25) is 0 Å². The Hall–Kier alpha value is -0.900. The molecule has 20 heavy (non-hydrogen) atoms. The molecule has 4 rings (SSSR count). The van der Waals surface area contributed by atoms with Gasteiger partial charge < -0.3 is 5.32 Å². The quantitative estimate of drug-likeness (QED) is 0.866. The minimum atomic E-state index is 0.464. The van der Waals surface area contributed by atoms with Gasteiger partial charge in [-0.25, -0.2) is 4.98 Å². The van der Waals surface area contributed by atoms with E-state index in [9.17, 15) is 0 Å². The van der Waals surface area contributed by atoms with E-state index in [1.54, 1.807) is 6.33 Å². The highest BCUT2D eigenvalue weighted by molar-refractivity contribution is 5.07. The molecule has 2 bridgehead atoms. The van der Waals surface area contributed by atoms with Gasteiger partial charge in [0.2, 0.25) is 0 Å². The lowest BCUT2D eigenvalue weighted by molar-refractivity contribution is 0.150. The highest BCUT2D eigenvalue weighted by atomic mass is 15.3. The smallest absolute Gasteiger partial charge is 0.138 e. The van der Waals surface area contributed by atoms with Crippen LogP contribution < -0.4 is 5.32 Å². The maximum atomic E-state index is 4.55. The van der Waals surface area contributed by atoms with Crippen molar-refractivity contribution in [2.45, 2.75) is 64.5 Å². The summed E-state index contributed by atoms with van der Waals surface area (Å²) in [4.78, 5) is 4.55. The Kier molecular flexibility index (Phi) is 3.09. The Morgan fingerprint density at radius 2 is 2.25 bits per heavy atom. The predicted molar refractivity (Wildman–Crippen MR) is 78.3 cm³/mol. The Balaban J connectivity index is 1.54. The van der Waals surface area contributed by atoms with E-state index in [0.29, 0.717) is 5.41 Å². The number of rotatable bonds is 6. The van der Waals surface area contributed by atoms with Crippen LogP contribution >= 0.6 is 0 Å². The zero-order valence-corrected chi connectivity index (χ0v) is 12.5. The van der Waals surface area contributed by atoms with Crippen molar-refractivity contribution in [2.24, 2.45) is 17.3 Å². The first-order chi connectivity index (χ1) is 9.79. The zero-order valence-electron chi connectivity index (χ0n) is 12.5. The molecule has 3 unspecified atom stereocenters. The highest BCUT2D eigenvalue weighted by Gasteiger charge is 2.51. The molecule has 3 atom stereocenters. The van der Waals surface area contributed by atoms with Crippen LogP contribution in [0, 0.1) is 17.3 Å². The minimum absolute atomic E-state index is 0.464. The van der Waals surface area contributed by atoms with E-state index >= 15 is 0 Å². The zero-order chi connectivity index (χ0) is 13.6. The maximum Gasteiger partial charge on any atom is 0.138 e. The Bertz CT molecular complexity index is 479. The van der Waals surface area contributed by atoms with Crippen molar-refractivity contribution in [2.75, 3.05) is 6.54 Å². The van der Waals surface area contributed by atoms with Gasteiger partial charge in [0.1, 0.15) is 12.2 Å². The molecule has 1 aromatic heterocycles. The highest BCUT2D eigenvalue weighted by Crippen LogP contribution is 2.57. The average molecular weight is 274 g/mol. The van der Waals surface area contributed by atoms with Gasteiger partial charge in [-0.05, 0) is 56.3 Å². The molecule has 3 aliphatic carbocycles. The number of hydrogen-bond donors (Lipinski definition) is 1. The summed E-state index contributed by atoms with van der Waals surface area (Å²) in [6.45, 7) is 4.30. The molecule has 0 saturated heterocycles. The van der Waals surface area contributed by atoms with E-state index in [1.807, 2.05) is 0 Å². The van der Waals surface area contributed by atoms with E-state index in [0.717, 1.165) is 30.8 Å². The van der Waals surface area contributed by atoms with Crippen LogP contribution in [0.15, 0.2) is 6.33 Å². The van der Waals surface area contributed by atoms with Crippen LogP contribution in [0.4, 0.5) is 0 Å². The van der Waals surface area contributed by atoms with Crippen LogP contribution in [-0.4, -0.2) is 27.4 Å². The molecule has 1 aromatic rings. The molecule has 3 saturated carbocycles. The Morgan fingerprint density at radius 3 is 2.90 bits per heavy atom. The molecule has 1 heterocycles. The molecule has 110 valence electrons. The fourth-order valence-electron chi connectivity index (χ4n) is 4.69. The molecule has 4 heteroatoms. The average Bonchev–Trinajstić information content (AvgIpc) is 2.86. The van der Waals surface area contributed by atoms with Crippen LogP contribution in [-0.2, 0) is 13.0 Å². The second kappa shape index (κ2) is 4.83. The van der Waals surface area contributed by atoms with E-state index in [-0.39, 0.29) is 0 Å². The van der Waals surface area contributed by atoms with E-state index in [2.05, 4.69) is 27.0 Å². The summed E-state index contributed by atoms with van der Waals surface area (Å²) in [7, 11) is 0. The number of aromatic nitrogens is 3. The van der Waals surface area contributed by atoms with Gasteiger partial charge in [0.05, 0.1) is 0 Å². The van der Waals surface area contributed by atoms with Gasteiger partial charge >= 0.3 is 0 Å². The SMILES string of the molecule is CCn1ncnc1CC1(CNC2CC2)CC2CCC1C2. The topological polar surface area (TPSA) is 42.7 Å². The summed E-state index contributed by atoms with van der Waals surface area (Å²) in [6.07, 6.45) is 11.4. The summed E-state index contributed by atoms with van der Waals surface area (Å²) < 4.78 is 2.09. The van der Waals surface area contributed by atoms with Crippen molar-refractivity contribution in [3.63, 3.8) is 0 Å². The van der Waals surface area contributed by atoms with Crippen molar-refractivity contribution in [3.05, 3.63) is 12.2 Å². The van der Waals surface area contributed by atoms with Crippen LogP contribution in [0.3, 0.4) is 0 Å². The summed E-state index contributed by atoms with van der Waals surface area (Å²) in [5.41, 5.74) is 0.464. The number of nitrogens with one attached hydrogen (secondary N) is 1. The summed E-state index contributed by atoms with van der Waals surface area (Å²) in [5, 5.41) is 8.18. The summed E-state index contributed by atoms with van der Waals surface area (Å²) in [5.74, 6) is 3.11. The molecule has 4 nitrogen and oxygen atoms in total. The Morgan fingerprint density at radius 1 is 1.35 bits per heavy atom. The molecule has 1 N–H and O–H groups in total. The van der Waals surface area contributed by atoms with E-state index in [1.165, 1.54) is 50.9 Å². The van der Waals surface area contributed by atoms with Crippen LogP contribution in [0.25, 0.3) is 0 Å². The van der Waals surface area contributed by atoms with Crippen molar-refractivity contribution in [1.29, 1.82) is 0 Å². The first kappa shape index (κ1) is 12.8. The monoisotopic (exact) mass is 274 g/mol. The summed E-state index contributed by atoms with van der Waals surface area (Å²) >= 11 is 0. The normalized spacial score (nSPS) is 35.9. The molecular formula is C16H26N4. The molecule has 0 radical (unpaired) electrons. The third kappa shape index (κ3) is 2.18. The lowest BCUT2D eigenvalue weighted by Crippen LogP contribution is -2.42. The van der Waals surface area contributed by atoms with Crippen molar-refractivity contribution in [3.8, 4) is 0 Å². The number of nitrogens with zero attached hydrogens (tertiary/aromatic N) is 3. The first-order valence-electron chi connectivity index (χ1n) is 8.39. The second-order valence-corrected chi connectivity index (χ2v) is 7.27. The largest absolute Gasteiger partial charge is 0.313 e. The molecule has 0 amide bonds. The number of hydrogen-bond acceptors (Lipinski definition) is 3. The first-order valence-corrected chi connectivity index (χ1v) is 8.39. The van der Waals surface area contributed by atoms with Gasteiger partial charge in [0.25, 0.3) is 0 Å². The van der Waals surface area contributed by atoms with Gasteiger partial charge in [-0.3, -0.25) is 4.68 Å². The minimum Gasteiger partial charge on any atom is -0.313 e. The predicted octanol–water partition coefficient (Wildman–Crippen LogP) is 2.40. The van der Waals surface area contributed by atoms with Crippen LogP contribution in [0.5, 0.6) is 0 Å². The second-order valence-electron chi connectivity index (χ2n) is 7.27. The van der Waals surface area contributed by atoms with E-state index < -0.39 is 0 Å². The fraction of sp³-hybridized carbons (Fsp3) is 0.875. The lowest BCUT2D eigenvalue weighted by Gasteiger charge is -2.38.